The molecular weight excluding hydrogens is 390 g/mol. The van der Waals surface area contributed by atoms with Gasteiger partial charge in [0.1, 0.15) is 0 Å². The number of rotatable bonds is 6. The summed E-state index contributed by atoms with van der Waals surface area (Å²) in [7, 11) is 0. The van der Waals surface area contributed by atoms with Gasteiger partial charge in [-0.3, -0.25) is 9.69 Å². The van der Waals surface area contributed by atoms with Crippen LogP contribution in [0.3, 0.4) is 0 Å². The Labute approximate surface area is 179 Å². The molecule has 1 saturated heterocycles. The first-order chi connectivity index (χ1) is 13.3. The SMILES string of the molecule is CCCC(C)(N)C(=O)N1CCN(C(C)c2nc(-c3ccc(C)cc3)no2)CC1.Cl. The molecule has 1 amide bonds. The number of nitrogens with zero attached hydrogens (tertiary/aromatic N) is 4. The molecule has 0 radical (unpaired) electrons. The summed E-state index contributed by atoms with van der Waals surface area (Å²) in [5.74, 6) is 1.25. The molecule has 0 aliphatic carbocycles. The number of carbonyl (C=O) groups excluding carboxylic acids is 1. The normalized spacial score (nSPS) is 18.0. The lowest BCUT2D eigenvalue weighted by Gasteiger charge is -2.39. The predicted molar refractivity (Wildman–Crippen MR) is 116 cm³/mol. The second-order valence-corrected chi connectivity index (χ2v) is 7.99. The first-order valence-corrected chi connectivity index (χ1v) is 10.0. The lowest BCUT2D eigenvalue weighted by Crippen LogP contribution is -2.58. The zero-order valence-corrected chi connectivity index (χ0v) is 18.5. The fourth-order valence-corrected chi connectivity index (χ4v) is 3.68. The second kappa shape index (κ2) is 9.69. The Balaban J connectivity index is 0.00000300. The van der Waals surface area contributed by atoms with Crippen LogP contribution in [-0.4, -0.2) is 57.6 Å². The Morgan fingerprint density at radius 1 is 1.24 bits per heavy atom. The number of halogens is 1. The van der Waals surface area contributed by atoms with E-state index in [9.17, 15) is 4.79 Å². The molecule has 8 heteroatoms. The van der Waals surface area contributed by atoms with Crippen molar-refractivity contribution in [2.45, 2.75) is 52.1 Å². The van der Waals surface area contributed by atoms with E-state index in [2.05, 4.69) is 22.0 Å². The number of aryl methyl sites for hydroxylation is 1. The second-order valence-electron chi connectivity index (χ2n) is 7.99. The quantitative estimate of drug-likeness (QED) is 0.770. The fraction of sp³-hybridized carbons (Fsp3) is 0.571. The summed E-state index contributed by atoms with van der Waals surface area (Å²) >= 11 is 0. The van der Waals surface area contributed by atoms with Gasteiger partial charge in [0.15, 0.2) is 0 Å². The van der Waals surface area contributed by atoms with Gasteiger partial charge in [0, 0.05) is 31.7 Å². The van der Waals surface area contributed by atoms with Crippen LogP contribution in [0.5, 0.6) is 0 Å². The summed E-state index contributed by atoms with van der Waals surface area (Å²) in [6.07, 6.45) is 1.60. The summed E-state index contributed by atoms with van der Waals surface area (Å²) in [5, 5.41) is 4.13. The van der Waals surface area contributed by atoms with Gasteiger partial charge in [-0.15, -0.1) is 12.4 Å². The molecule has 1 aromatic carbocycles. The van der Waals surface area contributed by atoms with Gasteiger partial charge in [-0.05, 0) is 27.2 Å². The summed E-state index contributed by atoms with van der Waals surface area (Å²) < 4.78 is 5.52. The molecule has 1 fully saturated rings. The molecule has 1 aliphatic heterocycles. The van der Waals surface area contributed by atoms with Crippen molar-refractivity contribution in [2.75, 3.05) is 26.2 Å². The van der Waals surface area contributed by atoms with Gasteiger partial charge in [0.25, 0.3) is 0 Å². The molecular formula is C21H32ClN5O2. The highest BCUT2D eigenvalue weighted by Crippen LogP contribution is 2.24. The molecule has 29 heavy (non-hydrogen) atoms. The van der Waals surface area contributed by atoms with Gasteiger partial charge in [-0.2, -0.15) is 4.98 Å². The zero-order chi connectivity index (χ0) is 20.3. The van der Waals surface area contributed by atoms with Crippen LogP contribution in [-0.2, 0) is 4.79 Å². The van der Waals surface area contributed by atoms with E-state index in [1.807, 2.05) is 49.9 Å². The highest BCUT2D eigenvalue weighted by Gasteiger charge is 2.34. The summed E-state index contributed by atoms with van der Waals surface area (Å²) in [5.41, 5.74) is 7.58. The van der Waals surface area contributed by atoms with Gasteiger partial charge in [0.2, 0.25) is 17.6 Å². The lowest BCUT2D eigenvalue weighted by atomic mass is 9.95. The van der Waals surface area contributed by atoms with Crippen LogP contribution in [0.15, 0.2) is 28.8 Å². The number of aromatic nitrogens is 2. The Morgan fingerprint density at radius 3 is 2.45 bits per heavy atom. The molecule has 7 nitrogen and oxygen atoms in total. The van der Waals surface area contributed by atoms with Crippen LogP contribution in [0.2, 0.25) is 0 Å². The maximum Gasteiger partial charge on any atom is 0.244 e. The first-order valence-electron chi connectivity index (χ1n) is 10.0. The molecule has 0 spiro atoms. The van der Waals surface area contributed by atoms with Gasteiger partial charge in [0.05, 0.1) is 11.6 Å². The third-order valence-corrected chi connectivity index (χ3v) is 5.52. The minimum atomic E-state index is -0.780. The monoisotopic (exact) mass is 421 g/mol. The van der Waals surface area contributed by atoms with Gasteiger partial charge in [-0.25, -0.2) is 0 Å². The molecule has 0 saturated carbocycles. The van der Waals surface area contributed by atoms with E-state index in [-0.39, 0.29) is 24.4 Å². The topological polar surface area (TPSA) is 88.5 Å². The summed E-state index contributed by atoms with van der Waals surface area (Å²) in [6, 6.07) is 8.07. The number of benzene rings is 1. The number of piperazine rings is 1. The molecule has 1 aromatic heterocycles. The number of nitrogens with two attached hydrogens (primary N) is 1. The van der Waals surface area contributed by atoms with Crippen LogP contribution in [0.4, 0.5) is 0 Å². The lowest BCUT2D eigenvalue weighted by molar-refractivity contribution is -0.138. The smallest absolute Gasteiger partial charge is 0.244 e. The number of amides is 1. The summed E-state index contributed by atoms with van der Waals surface area (Å²) in [6.45, 7) is 10.8. The molecule has 3 rings (SSSR count). The van der Waals surface area contributed by atoms with Crippen molar-refractivity contribution < 1.29 is 9.32 Å². The molecule has 2 heterocycles. The number of hydrogen-bond donors (Lipinski definition) is 1. The highest BCUT2D eigenvalue weighted by molar-refractivity contribution is 5.86. The minimum absolute atomic E-state index is 0. The number of carbonyl (C=O) groups is 1. The molecule has 1 aliphatic rings. The van der Waals surface area contributed by atoms with E-state index in [0.29, 0.717) is 31.2 Å². The molecule has 2 aromatic rings. The van der Waals surface area contributed by atoms with E-state index >= 15 is 0 Å². The van der Waals surface area contributed by atoms with Crippen molar-refractivity contribution >= 4 is 18.3 Å². The maximum atomic E-state index is 12.7. The predicted octanol–water partition coefficient (Wildman–Crippen LogP) is 3.19. The fourth-order valence-electron chi connectivity index (χ4n) is 3.68. The van der Waals surface area contributed by atoms with Crippen LogP contribution in [0, 0.1) is 6.92 Å². The third kappa shape index (κ3) is 5.35. The largest absolute Gasteiger partial charge is 0.339 e. The Hall–Kier alpha value is -1.96. The van der Waals surface area contributed by atoms with E-state index in [1.54, 1.807) is 0 Å². The Kier molecular flexibility index (Phi) is 7.80. The van der Waals surface area contributed by atoms with Crippen molar-refractivity contribution in [1.29, 1.82) is 0 Å². The van der Waals surface area contributed by atoms with Gasteiger partial charge in [-0.1, -0.05) is 48.3 Å². The number of hydrogen-bond acceptors (Lipinski definition) is 6. The van der Waals surface area contributed by atoms with Crippen molar-refractivity contribution in [3.05, 3.63) is 35.7 Å². The average molecular weight is 422 g/mol. The van der Waals surface area contributed by atoms with E-state index in [0.717, 1.165) is 25.1 Å². The highest BCUT2D eigenvalue weighted by atomic mass is 35.5. The van der Waals surface area contributed by atoms with Crippen molar-refractivity contribution in [3.63, 3.8) is 0 Å². The van der Waals surface area contributed by atoms with Crippen LogP contribution < -0.4 is 5.73 Å². The van der Waals surface area contributed by atoms with Crippen molar-refractivity contribution in [2.24, 2.45) is 5.73 Å². The first kappa shape index (κ1) is 23.3. The average Bonchev–Trinajstić information content (AvgIpc) is 3.17. The molecule has 2 atom stereocenters. The molecule has 2 N–H and O–H groups in total. The Morgan fingerprint density at radius 2 is 1.86 bits per heavy atom. The molecule has 0 bridgehead atoms. The summed E-state index contributed by atoms with van der Waals surface area (Å²) in [4.78, 5) is 21.4. The molecule has 2 unspecified atom stereocenters. The standard InChI is InChI=1S/C21H31N5O2.ClH/c1-5-10-21(4,22)20(27)26-13-11-25(12-14-26)16(3)19-23-18(24-28-19)17-8-6-15(2)7-9-17;/h6-9,16H,5,10-14,22H2,1-4H3;1H. The van der Waals surface area contributed by atoms with Gasteiger partial charge < -0.3 is 15.2 Å². The zero-order valence-electron chi connectivity index (χ0n) is 17.7. The van der Waals surface area contributed by atoms with Crippen LogP contribution in [0.1, 0.15) is 51.1 Å². The van der Waals surface area contributed by atoms with Crippen LogP contribution in [0.25, 0.3) is 11.4 Å². The van der Waals surface area contributed by atoms with E-state index in [4.69, 9.17) is 10.3 Å². The van der Waals surface area contributed by atoms with Gasteiger partial charge >= 0.3 is 0 Å². The van der Waals surface area contributed by atoms with Crippen molar-refractivity contribution in [3.8, 4) is 11.4 Å². The molecule has 160 valence electrons. The van der Waals surface area contributed by atoms with Crippen molar-refractivity contribution in [1.82, 2.24) is 19.9 Å². The van der Waals surface area contributed by atoms with Crippen LogP contribution >= 0.6 is 12.4 Å². The van der Waals surface area contributed by atoms with E-state index < -0.39 is 5.54 Å². The third-order valence-electron chi connectivity index (χ3n) is 5.52. The minimum Gasteiger partial charge on any atom is -0.339 e. The maximum absolute atomic E-state index is 12.7. The van der Waals surface area contributed by atoms with E-state index in [1.165, 1.54) is 5.56 Å². The Bertz CT molecular complexity index is 798.